The van der Waals surface area contributed by atoms with Crippen LogP contribution in [0.25, 0.3) is 0 Å². The molecule has 3 aliphatic heterocycles. The average Bonchev–Trinajstić information content (AvgIpc) is 3.56. The van der Waals surface area contributed by atoms with Crippen molar-refractivity contribution in [3.8, 4) is 11.5 Å². The van der Waals surface area contributed by atoms with E-state index >= 15 is 0 Å². The van der Waals surface area contributed by atoms with Gasteiger partial charge >= 0.3 is 11.9 Å². The fraction of sp³-hybridized carbons (Fsp3) is 0.643. The Hall–Kier alpha value is -2.82. The van der Waals surface area contributed by atoms with Crippen LogP contribution in [0.15, 0.2) is 24.0 Å². The number of aliphatic hydroxyl groups is 2. The highest BCUT2D eigenvalue weighted by Gasteiger charge is 2.59. The van der Waals surface area contributed by atoms with E-state index < -0.39 is 41.2 Å². The van der Waals surface area contributed by atoms with Crippen LogP contribution in [0, 0.1) is 0 Å². The summed E-state index contributed by atoms with van der Waals surface area (Å²) >= 11 is 0. The van der Waals surface area contributed by atoms with Gasteiger partial charge in [0.15, 0.2) is 23.2 Å². The molecule has 38 heavy (non-hydrogen) atoms. The molecule has 1 aliphatic carbocycles. The smallest absolute Gasteiger partial charge is 0.339 e. The minimum Gasteiger partial charge on any atom is -0.497 e. The minimum atomic E-state index is -2.18. The van der Waals surface area contributed by atoms with Crippen molar-refractivity contribution in [1.29, 1.82) is 0 Å². The number of methoxy groups -OCH3 is 2. The fourth-order valence-electron chi connectivity index (χ4n) is 6.41. The summed E-state index contributed by atoms with van der Waals surface area (Å²) in [6, 6.07) is 3.99. The van der Waals surface area contributed by atoms with Gasteiger partial charge in [-0.1, -0.05) is 0 Å². The zero-order valence-electron chi connectivity index (χ0n) is 22.5. The van der Waals surface area contributed by atoms with E-state index in [1.54, 1.807) is 21.0 Å². The van der Waals surface area contributed by atoms with Crippen LogP contribution in [-0.4, -0.2) is 84.0 Å². The number of hydrogen-bond donors (Lipinski definition) is 2. The molecule has 10 nitrogen and oxygen atoms in total. The van der Waals surface area contributed by atoms with Gasteiger partial charge < -0.3 is 33.9 Å². The van der Waals surface area contributed by atoms with Gasteiger partial charge in [-0.25, -0.2) is 4.79 Å². The highest BCUT2D eigenvalue weighted by Crippen LogP contribution is 2.55. The Balaban J connectivity index is 1.53. The lowest BCUT2D eigenvalue weighted by Gasteiger charge is -2.39. The van der Waals surface area contributed by atoms with Crippen LogP contribution >= 0.6 is 0 Å². The van der Waals surface area contributed by atoms with Crippen molar-refractivity contribution < 1.29 is 43.5 Å². The molecule has 208 valence electrons. The van der Waals surface area contributed by atoms with Gasteiger partial charge in [-0.15, -0.1) is 0 Å². The van der Waals surface area contributed by atoms with Gasteiger partial charge in [0, 0.05) is 6.54 Å². The average molecular weight is 532 g/mol. The Morgan fingerprint density at radius 3 is 2.55 bits per heavy atom. The molecule has 5 rings (SSSR count). The Morgan fingerprint density at radius 1 is 1.13 bits per heavy atom. The molecule has 1 spiro atoms. The molecule has 0 saturated carbocycles. The van der Waals surface area contributed by atoms with E-state index in [2.05, 4.69) is 11.0 Å². The predicted octanol–water partition coefficient (Wildman–Crippen LogP) is 2.19. The summed E-state index contributed by atoms with van der Waals surface area (Å²) in [6.45, 7) is 5.04. The Bertz CT molecular complexity index is 1140. The summed E-state index contributed by atoms with van der Waals surface area (Å²) < 4.78 is 28.0. The van der Waals surface area contributed by atoms with E-state index in [0.29, 0.717) is 17.3 Å². The number of hydrogen-bond acceptors (Lipinski definition) is 10. The quantitative estimate of drug-likeness (QED) is 0.483. The summed E-state index contributed by atoms with van der Waals surface area (Å²) in [5.41, 5.74) is -1.69. The van der Waals surface area contributed by atoms with Crippen molar-refractivity contribution in [2.45, 2.75) is 81.1 Å². The molecule has 4 atom stereocenters. The Kier molecular flexibility index (Phi) is 6.86. The fourth-order valence-corrected chi connectivity index (χ4v) is 6.41. The molecule has 0 bridgehead atoms. The van der Waals surface area contributed by atoms with E-state index in [9.17, 15) is 19.8 Å². The number of carbonyl (C=O) groups excluding carboxylic acids is 2. The van der Waals surface area contributed by atoms with Crippen molar-refractivity contribution in [2.24, 2.45) is 0 Å². The number of benzene rings is 1. The maximum absolute atomic E-state index is 13.7. The van der Waals surface area contributed by atoms with Gasteiger partial charge in [-0.05, 0) is 81.8 Å². The third-order valence-corrected chi connectivity index (χ3v) is 8.39. The summed E-state index contributed by atoms with van der Waals surface area (Å²) in [6.07, 6.45) is 3.18. The molecular weight excluding hydrogens is 494 g/mol. The Labute approximate surface area is 222 Å². The summed E-state index contributed by atoms with van der Waals surface area (Å²) in [5.74, 6) is -0.163. The number of carbonyl (C=O) groups is 2. The van der Waals surface area contributed by atoms with Crippen LogP contribution in [0.2, 0.25) is 0 Å². The molecular formula is C28H37NO9. The van der Waals surface area contributed by atoms with Crippen LogP contribution < -0.4 is 9.47 Å². The minimum absolute atomic E-state index is 0.0701. The number of fused-ring (bicyclic) bond motifs is 3. The molecule has 2 N–H and O–H groups in total. The Morgan fingerprint density at radius 2 is 1.87 bits per heavy atom. The molecule has 0 radical (unpaired) electrons. The van der Waals surface area contributed by atoms with Gasteiger partial charge in [0.1, 0.15) is 5.76 Å². The molecule has 10 heteroatoms. The monoisotopic (exact) mass is 531 g/mol. The van der Waals surface area contributed by atoms with E-state index in [1.165, 1.54) is 7.11 Å². The normalized spacial score (nSPS) is 27.4. The molecule has 1 fully saturated rings. The van der Waals surface area contributed by atoms with Gasteiger partial charge in [-0.3, -0.25) is 9.69 Å². The summed E-state index contributed by atoms with van der Waals surface area (Å²) in [5, 5.41) is 21.7. The third-order valence-electron chi connectivity index (χ3n) is 8.39. The number of nitrogens with zero attached hydrogens (tertiary/aromatic N) is 1. The molecule has 1 saturated heterocycles. The van der Waals surface area contributed by atoms with Crippen molar-refractivity contribution in [3.05, 3.63) is 35.1 Å². The molecule has 3 heterocycles. The number of ether oxygens (including phenoxy) is 5. The topological polar surface area (TPSA) is 124 Å². The van der Waals surface area contributed by atoms with Gasteiger partial charge in [0.25, 0.3) is 0 Å². The zero-order valence-corrected chi connectivity index (χ0v) is 22.5. The number of esters is 2. The van der Waals surface area contributed by atoms with E-state index in [1.807, 2.05) is 12.1 Å². The highest BCUT2D eigenvalue weighted by atomic mass is 16.7. The molecule has 1 aromatic rings. The molecule has 3 unspecified atom stereocenters. The van der Waals surface area contributed by atoms with Crippen LogP contribution in [0.3, 0.4) is 0 Å². The van der Waals surface area contributed by atoms with Crippen LogP contribution in [0.5, 0.6) is 11.5 Å². The summed E-state index contributed by atoms with van der Waals surface area (Å²) in [4.78, 5) is 28.3. The first-order valence-electron chi connectivity index (χ1n) is 13.2. The van der Waals surface area contributed by atoms with E-state index in [4.69, 9.17) is 23.7 Å². The third kappa shape index (κ3) is 4.63. The first-order valence-corrected chi connectivity index (χ1v) is 13.2. The maximum Gasteiger partial charge on any atom is 0.339 e. The lowest BCUT2D eigenvalue weighted by molar-refractivity contribution is -0.179. The summed E-state index contributed by atoms with van der Waals surface area (Å²) in [7, 11) is 2.74. The predicted molar refractivity (Wildman–Crippen MR) is 135 cm³/mol. The lowest BCUT2D eigenvalue weighted by atomic mass is 9.77. The van der Waals surface area contributed by atoms with Crippen LogP contribution in [0.1, 0.15) is 63.0 Å². The zero-order chi connectivity index (χ0) is 27.3. The second kappa shape index (κ2) is 9.73. The van der Waals surface area contributed by atoms with Gasteiger partial charge in [0.05, 0.1) is 37.7 Å². The van der Waals surface area contributed by atoms with E-state index in [-0.39, 0.29) is 25.6 Å². The van der Waals surface area contributed by atoms with Crippen molar-refractivity contribution in [2.75, 3.05) is 34.1 Å². The molecule has 0 aromatic heterocycles. The van der Waals surface area contributed by atoms with Crippen molar-refractivity contribution in [3.63, 3.8) is 0 Å². The maximum atomic E-state index is 13.7. The molecule has 1 aromatic carbocycles. The van der Waals surface area contributed by atoms with Gasteiger partial charge in [0.2, 0.25) is 6.79 Å². The highest BCUT2D eigenvalue weighted by molar-refractivity contribution is 5.86. The first kappa shape index (κ1) is 26.8. The second-order valence-corrected chi connectivity index (χ2v) is 11.4. The van der Waals surface area contributed by atoms with Crippen molar-refractivity contribution >= 4 is 11.9 Å². The SMILES string of the molecule is COC(=O)CC(O)(CCC(C)(C)O)C(=O)OC1C(OC)=C[C@@]23CCCN2CCc2cc4c(cc2C13)OCO4. The van der Waals surface area contributed by atoms with Gasteiger partial charge in [-0.2, -0.15) is 0 Å². The second-order valence-electron chi connectivity index (χ2n) is 11.4. The molecule has 0 amide bonds. The van der Waals surface area contributed by atoms with Crippen molar-refractivity contribution in [1.82, 2.24) is 4.90 Å². The van der Waals surface area contributed by atoms with E-state index in [0.717, 1.165) is 43.5 Å². The first-order chi connectivity index (χ1) is 18.0. The standard InChI is InChI=1S/C28H37NO9/c1-26(2,32)8-9-28(33,15-22(30)35-4)25(31)38-24-21(34-3)14-27-7-5-10-29(27)11-6-17-12-19-20(37-16-36-19)13-18(17)23(24)27/h12-14,23-24,32-33H,5-11,15-16H2,1-4H3/t23?,24?,27-,28?/m1/s1. The lowest BCUT2D eigenvalue weighted by Crippen LogP contribution is -2.49. The molecule has 4 aliphatic rings. The van der Waals surface area contributed by atoms with Crippen LogP contribution in [0.4, 0.5) is 0 Å². The van der Waals surface area contributed by atoms with Crippen LogP contribution in [-0.2, 0) is 30.2 Å². The largest absolute Gasteiger partial charge is 0.497 e. The number of rotatable bonds is 8.